The highest BCUT2D eigenvalue weighted by Crippen LogP contribution is 2.34. The van der Waals surface area contributed by atoms with Crippen molar-refractivity contribution < 1.29 is 13.2 Å². The summed E-state index contributed by atoms with van der Waals surface area (Å²) in [6.07, 6.45) is 1.67. The number of urea groups is 1. The molecule has 146 valence electrons. The molecule has 1 fully saturated rings. The molecule has 0 spiro atoms. The van der Waals surface area contributed by atoms with E-state index in [1.54, 1.807) is 11.9 Å². The Morgan fingerprint density at radius 3 is 2.48 bits per heavy atom. The zero-order chi connectivity index (χ0) is 19.6. The number of rotatable bonds is 2. The fourth-order valence-electron chi connectivity index (χ4n) is 3.57. The Kier molecular flexibility index (Phi) is 5.55. The molecule has 2 aliphatic rings. The minimum absolute atomic E-state index is 0.109. The van der Waals surface area contributed by atoms with Gasteiger partial charge in [-0.15, -0.1) is 4.40 Å². The first-order valence-electron chi connectivity index (χ1n) is 9.24. The van der Waals surface area contributed by atoms with Crippen LogP contribution < -0.4 is 5.32 Å². The van der Waals surface area contributed by atoms with Crippen LogP contribution in [-0.4, -0.2) is 63.3 Å². The van der Waals surface area contributed by atoms with Gasteiger partial charge in [-0.2, -0.15) is 8.42 Å². The van der Waals surface area contributed by atoms with Crippen LogP contribution in [0.4, 0.5) is 4.79 Å². The van der Waals surface area contributed by atoms with Gasteiger partial charge in [0.2, 0.25) is 0 Å². The summed E-state index contributed by atoms with van der Waals surface area (Å²) in [5.41, 5.74) is 2.51. The summed E-state index contributed by atoms with van der Waals surface area (Å²) < 4.78 is 29.6. The second-order valence-electron chi connectivity index (χ2n) is 6.78. The van der Waals surface area contributed by atoms with E-state index in [-0.39, 0.29) is 10.9 Å². The van der Waals surface area contributed by atoms with E-state index in [2.05, 4.69) is 16.6 Å². The van der Waals surface area contributed by atoms with Crippen molar-refractivity contribution in [1.29, 1.82) is 0 Å². The van der Waals surface area contributed by atoms with E-state index in [4.69, 9.17) is 0 Å². The van der Waals surface area contributed by atoms with Gasteiger partial charge in [0.15, 0.2) is 0 Å². The molecule has 1 saturated heterocycles. The zero-order valence-corrected chi connectivity index (χ0v) is 16.8. The normalized spacial score (nSPS) is 19.7. The van der Waals surface area contributed by atoms with Crippen LogP contribution in [-0.2, 0) is 16.4 Å². The van der Waals surface area contributed by atoms with Gasteiger partial charge >= 0.3 is 6.03 Å². The van der Waals surface area contributed by atoms with Crippen molar-refractivity contribution in [2.75, 3.05) is 33.2 Å². The molecule has 1 aromatic carbocycles. The largest absolute Gasteiger partial charge is 0.354 e. The van der Waals surface area contributed by atoms with Crippen molar-refractivity contribution in [2.45, 2.75) is 26.7 Å². The Labute approximate surface area is 160 Å². The van der Waals surface area contributed by atoms with Crippen molar-refractivity contribution in [3.63, 3.8) is 0 Å². The van der Waals surface area contributed by atoms with Crippen LogP contribution in [0.25, 0.3) is 4.91 Å². The number of benzene rings is 1. The highest BCUT2D eigenvalue weighted by molar-refractivity contribution is 8.00. The van der Waals surface area contributed by atoms with Crippen LogP contribution in [0.15, 0.2) is 34.2 Å². The van der Waals surface area contributed by atoms with Gasteiger partial charge in [0.05, 0.1) is 0 Å². The molecule has 1 aromatic rings. The first-order valence-corrected chi connectivity index (χ1v) is 10.7. The Balaban J connectivity index is 1.88. The third-order valence-corrected chi connectivity index (χ3v) is 6.53. The molecule has 0 atom stereocenters. The van der Waals surface area contributed by atoms with E-state index in [0.717, 1.165) is 18.4 Å². The van der Waals surface area contributed by atoms with Crippen LogP contribution in [0, 0.1) is 0 Å². The first-order chi connectivity index (χ1) is 12.9. The van der Waals surface area contributed by atoms with Gasteiger partial charge in [-0.05, 0) is 30.9 Å². The van der Waals surface area contributed by atoms with E-state index in [1.807, 2.05) is 36.1 Å². The lowest BCUT2D eigenvalue weighted by molar-refractivity contribution is 0.202. The molecule has 0 bridgehead atoms. The molecule has 27 heavy (non-hydrogen) atoms. The van der Waals surface area contributed by atoms with Crippen molar-refractivity contribution in [3.05, 3.63) is 41.0 Å². The molecule has 2 heterocycles. The third kappa shape index (κ3) is 3.85. The molecule has 0 radical (unpaired) electrons. The summed E-state index contributed by atoms with van der Waals surface area (Å²) in [6.45, 7) is 6.28. The minimum Gasteiger partial charge on any atom is -0.354 e. The Morgan fingerprint density at radius 2 is 1.85 bits per heavy atom. The molecule has 0 aliphatic carbocycles. The van der Waals surface area contributed by atoms with Gasteiger partial charge in [0.25, 0.3) is 10.0 Å². The van der Waals surface area contributed by atoms with E-state index >= 15 is 0 Å². The van der Waals surface area contributed by atoms with E-state index in [1.165, 1.54) is 0 Å². The molecule has 8 heteroatoms. The summed E-state index contributed by atoms with van der Waals surface area (Å²) in [7, 11) is -2.11. The van der Waals surface area contributed by atoms with Gasteiger partial charge < -0.3 is 15.1 Å². The van der Waals surface area contributed by atoms with Crippen LogP contribution in [0.3, 0.4) is 0 Å². The van der Waals surface area contributed by atoms with E-state index < -0.39 is 10.0 Å². The molecule has 0 aromatic heterocycles. The number of hydrogen-bond acceptors (Lipinski definition) is 4. The lowest BCUT2D eigenvalue weighted by Crippen LogP contribution is -2.41. The summed E-state index contributed by atoms with van der Waals surface area (Å²) in [5, 5.41) is 2.64. The number of amides is 2. The fraction of sp³-hybridized carbons (Fsp3) is 0.474. The summed E-state index contributed by atoms with van der Waals surface area (Å²) in [6, 6.07) is 7.50. The van der Waals surface area contributed by atoms with Crippen molar-refractivity contribution >= 4 is 26.8 Å². The molecule has 7 nitrogen and oxygen atoms in total. The summed E-state index contributed by atoms with van der Waals surface area (Å²) in [4.78, 5) is 15.9. The van der Waals surface area contributed by atoms with E-state index in [9.17, 15) is 13.2 Å². The molecular weight excluding hydrogens is 364 g/mol. The number of amidine groups is 1. The third-order valence-electron chi connectivity index (χ3n) is 5.06. The number of nitrogens with zero attached hydrogens (tertiary/aromatic N) is 3. The first kappa shape index (κ1) is 19.4. The van der Waals surface area contributed by atoms with Gasteiger partial charge in [0, 0.05) is 38.8 Å². The zero-order valence-electron chi connectivity index (χ0n) is 16.0. The number of sulfonamides is 1. The second-order valence-corrected chi connectivity index (χ2v) is 8.32. The lowest BCUT2D eigenvalue weighted by Gasteiger charge is -2.23. The Morgan fingerprint density at radius 1 is 1.15 bits per heavy atom. The van der Waals surface area contributed by atoms with Gasteiger partial charge in [-0.1, -0.05) is 31.2 Å². The Hall–Kier alpha value is -2.35. The highest BCUT2D eigenvalue weighted by Gasteiger charge is 2.34. The number of hydrogen-bond donors (Lipinski definition) is 1. The number of carbonyl (C=O) groups excluding carboxylic acids is 1. The molecular formula is C19H26N4O3S. The molecule has 2 aliphatic heterocycles. The van der Waals surface area contributed by atoms with Crippen LogP contribution in [0.5, 0.6) is 0 Å². The maximum atomic E-state index is 12.7. The summed E-state index contributed by atoms with van der Waals surface area (Å²) in [5.74, 6) is 0.503. The van der Waals surface area contributed by atoms with Crippen molar-refractivity contribution in [2.24, 2.45) is 4.40 Å². The van der Waals surface area contributed by atoms with Crippen molar-refractivity contribution in [1.82, 2.24) is 15.1 Å². The van der Waals surface area contributed by atoms with Crippen LogP contribution in [0.2, 0.25) is 0 Å². The molecule has 2 amide bonds. The number of nitrogens with one attached hydrogen (secondary N) is 1. The highest BCUT2D eigenvalue weighted by atomic mass is 32.2. The van der Waals surface area contributed by atoms with Gasteiger partial charge in [-0.3, -0.25) is 0 Å². The molecule has 0 unspecified atom stereocenters. The average molecular weight is 391 g/mol. The maximum absolute atomic E-state index is 12.7. The predicted octanol–water partition coefficient (Wildman–Crippen LogP) is 2.07. The minimum atomic E-state index is -3.72. The van der Waals surface area contributed by atoms with E-state index in [0.29, 0.717) is 43.2 Å². The monoisotopic (exact) mass is 390 g/mol. The Bertz CT molecular complexity index is 888. The number of aryl methyl sites for hydroxylation is 1. The van der Waals surface area contributed by atoms with Crippen LogP contribution in [0.1, 0.15) is 31.4 Å². The van der Waals surface area contributed by atoms with Crippen LogP contribution >= 0.6 is 0 Å². The molecule has 3 rings (SSSR count). The van der Waals surface area contributed by atoms with Crippen molar-refractivity contribution in [3.8, 4) is 0 Å². The predicted molar refractivity (Wildman–Crippen MR) is 107 cm³/mol. The lowest BCUT2D eigenvalue weighted by atomic mass is 10.1. The smallest absolute Gasteiger partial charge is 0.317 e. The standard InChI is InChI=1S/C19H26N4O3S/c1-4-15-6-8-16(9-7-15)17-14(2)18(21-27(17,25)26)22-10-5-11-23(13-12-22)19(24)20-3/h6-9H,4-5,10-13H2,1-3H3,(H,20,24). The SMILES string of the molecule is CCc1ccc(C2=C(C)C(N3CCCN(C(=O)NC)CC3)=NS2(=O)=O)cc1. The van der Waals surface area contributed by atoms with Gasteiger partial charge in [0.1, 0.15) is 10.7 Å². The average Bonchev–Trinajstić information content (AvgIpc) is 2.83. The molecule has 1 N–H and O–H groups in total. The summed E-state index contributed by atoms with van der Waals surface area (Å²) >= 11 is 0. The number of carbonyl (C=O) groups is 1. The van der Waals surface area contributed by atoms with Gasteiger partial charge in [-0.25, -0.2) is 4.79 Å². The fourth-order valence-corrected chi connectivity index (χ4v) is 5.05. The maximum Gasteiger partial charge on any atom is 0.317 e. The molecule has 0 saturated carbocycles. The quantitative estimate of drug-likeness (QED) is 0.838. The topological polar surface area (TPSA) is 82.1 Å². The second kappa shape index (κ2) is 7.72.